The van der Waals surface area contributed by atoms with Crippen LogP contribution in [-0.2, 0) is 0 Å². The summed E-state index contributed by atoms with van der Waals surface area (Å²) in [6, 6.07) is 0. The maximum Gasteiger partial charge on any atom is 0.0890 e. The molecule has 0 atom stereocenters. The van der Waals surface area contributed by atoms with Crippen molar-refractivity contribution in [2.24, 2.45) is 0 Å². The van der Waals surface area contributed by atoms with Crippen molar-refractivity contribution in [3.8, 4) is 0 Å². The Labute approximate surface area is 78.1 Å². The second-order valence-electron chi connectivity index (χ2n) is 2.59. The molecule has 1 heterocycles. The van der Waals surface area contributed by atoms with Gasteiger partial charge >= 0.3 is 0 Å². The molecule has 1 rings (SSSR count). The highest BCUT2D eigenvalue weighted by atomic mass is 79.9. The first kappa shape index (κ1) is 10.8. The fraction of sp³-hybridized carbons (Fsp3) is 0.714. The van der Waals surface area contributed by atoms with Gasteiger partial charge in [-0.25, -0.2) is 0 Å². The summed E-state index contributed by atoms with van der Waals surface area (Å²) < 4.78 is 0. The van der Waals surface area contributed by atoms with Crippen molar-refractivity contribution in [1.82, 2.24) is 9.80 Å². The van der Waals surface area contributed by atoms with Crippen molar-refractivity contribution in [2.75, 3.05) is 26.9 Å². The van der Waals surface area contributed by atoms with E-state index < -0.39 is 0 Å². The number of aliphatic hydroxyl groups is 1. The molecule has 0 bridgehead atoms. The van der Waals surface area contributed by atoms with Crippen LogP contribution in [0.2, 0.25) is 0 Å². The van der Waals surface area contributed by atoms with Gasteiger partial charge in [-0.05, 0) is 6.42 Å². The number of hydrogen-bond donors (Lipinski definition) is 1. The summed E-state index contributed by atoms with van der Waals surface area (Å²) >= 11 is 0. The molecule has 0 aromatic heterocycles. The highest BCUT2D eigenvalue weighted by molar-refractivity contribution is 4.88. The van der Waals surface area contributed by atoms with Gasteiger partial charge in [-0.1, -0.05) is 0 Å². The SMILES string of the molecule is CN1C=CN(CCCO)C1.[Br-]. The van der Waals surface area contributed by atoms with Crippen LogP contribution in [0.15, 0.2) is 12.4 Å². The number of halogens is 1. The predicted molar refractivity (Wildman–Crippen MR) is 40.2 cm³/mol. The standard InChI is InChI=1S/C7H14N2O.BrH/c1-8-4-5-9(7-8)3-2-6-10;/h4-5,10H,2-3,6-7H2,1H3;1H/p-1. The van der Waals surface area contributed by atoms with Crippen molar-refractivity contribution in [3.05, 3.63) is 12.4 Å². The summed E-state index contributed by atoms with van der Waals surface area (Å²) in [6.07, 6.45) is 4.95. The molecule has 0 spiro atoms. The Bertz CT molecular complexity index is 130. The van der Waals surface area contributed by atoms with E-state index in [1.165, 1.54) is 0 Å². The minimum Gasteiger partial charge on any atom is -1.00 e. The van der Waals surface area contributed by atoms with E-state index in [9.17, 15) is 0 Å². The van der Waals surface area contributed by atoms with Gasteiger partial charge in [-0.2, -0.15) is 0 Å². The third-order valence-electron chi connectivity index (χ3n) is 1.54. The van der Waals surface area contributed by atoms with E-state index in [1.54, 1.807) is 0 Å². The number of rotatable bonds is 3. The zero-order chi connectivity index (χ0) is 7.40. The lowest BCUT2D eigenvalue weighted by molar-refractivity contribution is -0.00000330. The second-order valence-corrected chi connectivity index (χ2v) is 2.59. The molecule has 4 heteroatoms. The fourth-order valence-corrected chi connectivity index (χ4v) is 1.01. The molecule has 3 nitrogen and oxygen atoms in total. The summed E-state index contributed by atoms with van der Waals surface area (Å²) in [6.45, 7) is 2.20. The summed E-state index contributed by atoms with van der Waals surface area (Å²) in [5.41, 5.74) is 0. The van der Waals surface area contributed by atoms with Gasteiger partial charge in [0.15, 0.2) is 0 Å². The zero-order valence-electron chi connectivity index (χ0n) is 6.70. The van der Waals surface area contributed by atoms with Gasteiger partial charge in [0.05, 0.1) is 6.67 Å². The first-order valence-electron chi connectivity index (χ1n) is 3.56. The molecular formula is C7H14BrN2O-. The highest BCUT2D eigenvalue weighted by Crippen LogP contribution is 2.03. The average molecular weight is 222 g/mol. The van der Waals surface area contributed by atoms with E-state index >= 15 is 0 Å². The van der Waals surface area contributed by atoms with Gasteiger partial charge in [0.2, 0.25) is 0 Å². The summed E-state index contributed by atoms with van der Waals surface area (Å²) in [5, 5.41) is 8.53. The molecule has 0 fully saturated rings. The Morgan fingerprint density at radius 2 is 2.18 bits per heavy atom. The molecule has 11 heavy (non-hydrogen) atoms. The maximum absolute atomic E-state index is 8.53. The van der Waals surface area contributed by atoms with Crippen molar-refractivity contribution in [3.63, 3.8) is 0 Å². The molecule has 0 saturated heterocycles. The van der Waals surface area contributed by atoms with Crippen LogP contribution in [0.3, 0.4) is 0 Å². The van der Waals surface area contributed by atoms with E-state index in [4.69, 9.17) is 5.11 Å². The number of nitrogens with zero attached hydrogens (tertiary/aromatic N) is 2. The molecule has 1 aliphatic rings. The molecule has 0 aromatic rings. The van der Waals surface area contributed by atoms with Gasteiger partial charge in [0.1, 0.15) is 0 Å². The molecular weight excluding hydrogens is 208 g/mol. The van der Waals surface area contributed by atoms with Crippen molar-refractivity contribution in [1.29, 1.82) is 0 Å². The Kier molecular flexibility index (Phi) is 5.32. The summed E-state index contributed by atoms with van der Waals surface area (Å²) in [7, 11) is 2.04. The smallest absolute Gasteiger partial charge is 0.0890 e. The lowest BCUT2D eigenvalue weighted by Crippen LogP contribution is -3.00. The lowest BCUT2D eigenvalue weighted by Gasteiger charge is -2.16. The lowest BCUT2D eigenvalue weighted by atomic mass is 10.4. The molecule has 66 valence electrons. The third-order valence-corrected chi connectivity index (χ3v) is 1.54. The van der Waals surface area contributed by atoms with E-state index in [1.807, 2.05) is 13.2 Å². The van der Waals surface area contributed by atoms with Crippen LogP contribution in [0.1, 0.15) is 6.42 Å². The molecule has 0 unspecified atom stereocenters. The Morgan fingerprint density at radius 1 is 1.45 bits per heavy atom. The Morgan fingerprint density at radius 3 is 2.64 bits per heavy atom. The van der Waals surface area contributed by atoms with Crippen molar-refractivity contribution < 1.29 is 22.1 Å². The number of hydrogen-bond acceptors (Lipinski definition) is 3. The number of aliphatic hydroxyl groups excluding tert-OH is 1. The minimum atomic E-state index is 0. The van der Waals surface area contributed by atoms with Crippen LogP contribution < -0.4 is 17.0 Å². The molecule has 0 radical (unpaired) electrons. The van der Waals surface area contributed by atoms with E-state index in [-0.39, 0.29) is 23.6 Å². The monoisotopic (exact) mass is 221 g/mol. The molecule has 0 amide bonds. The third kappa shape index (κ3) is 3.62. The Hall–Kier alpha value is -0.220. The van der Waals surface area contributed by atoms with Crippen LogP contribution in [0.5, 0.6) is 0 Å². The first-order chi connectivity index (χ1) is 4.83. The zero-order valence-corrected chi connectivity index (χ0v) is 8.29. The largest absolute Gasteiger partial charge is 1.00 e. The van der Waals surface area contributed by atoms with E-state index in [0.29, 0.717) is 0 Å². The summed E-state index contributed by atoms with van der Waals surface area (Å²) in [4.78, 5) is 4.29. The minimum absolute atomic E-state index is 0. The fourth-order valence-electron chi connectivity index (χ4n) is 1.01. The second kappa shape index (κ2) is 5.43. The topological polar surface area (TPSA) is 26.7 Å². The van der Waals surface area contributed by atoms with Gasteiger partial charge in [0, 0.05) is 32.6 Å². The Balaban J connectivity index is 0.000001000. The van der Waals surface area contributed by atoms with E-state index in [2.05, 4.69) is 16.0 Å². The highest BCUT2D eigenvalue weighted by Gasteiger charge is 2.05. The van der Waals surface area contributed by atoms with Crippen molar-refractivity contribution >= 4 is 0 Å². The molecule has 0 saturated carbocycles. The summed E-state index contributed by atoms with van der Waals surface area (Å²) in [5.74, 6) is 0. The van der Waals surface area contributed by atoms with Crippen LogP contribution in [0.4, 0.5) is 0 Å². The van der Waals surface area contributed by atoms with Gasteiger partial charge in [0.25, 0.3) is 0 Å². The average Bonchev–Trinajstić information content (AvgIpc) is 2.31. The van der Waals surface area contributed by atoms with Crippen molar-refractivity contribution in [2.45, 2.75) is 6.42 Å². The van der Waals surface area contributed by atoms with Crippen LogP contribution in [-0.4, -0.2) is 41.8 Å². The van der Waals surface area contributed by atoms with E-state index in [0.717, 1.165) is 19.6 Å². The normalized spacial score (nSPS) is 15.5. The molecule has 0 aliphatic carbocycles. The maximum atomic E-state index is 8.53. The quantitative estimate of drug-likeness (QED) is 0.553. The molecule has 1 aliphatic heterocycles. The van der Waals surface area contributed by atoms with Gasteiger partial charge < -0.3 is 31.9 Å². The van der Waals surface area contributed by atoms with Crippen LogP contribution in [0, 0.1) is 0 Å². The van der Waals surface area contributed by atoms with Gasteiger partial charge in [-0.15, -0.1) is 0 Å². The van der Waals surface area contributed by atoms with Crippen LogP contribution >= 0.6 is 0 Å². The predicted octanol–water partition coefficient (Wildman–Crippen LogP) is -2.95. The van der Waals surface area contributed by atoms with Crippen LogP contribution in [0.25, 0.3) is 0 Å². The molecule has 1 N–H and O–H groups in total. The molecule has 0 aromatic carbocycles. The first-order valence-corrected chi connectivity index (χ1v) is 3.56. The van der Waals surface area contributed by atoms with Gasteiger partial charge in [-0.3, -0.25) is 0 Å².